The van der Waals surface area contributed by atoms with Crippen LogP contribution in [0.5, 0.6) is 0 Å². The highest BCUT2D eigenvalue weighted by atomic mass is 35.5. The molecule has 0 radical (unpaired) electrons. The van der Waals surface area contributed by atoms with E-state index in [2.05, 4.69) is 5.32 Å². The minimum atomic E-state index is -0.102. The van der Waals surface area contributed by atoms with Crippen LogP contribution in [0.3, 0.4) is 0 Å². The Morgan fingerprint density at radius 1 is 1.47 bits per heavy atom. The minimum absolute atomic E-state index is 0.102. The summed E-state index contributed by atoms with van der Waals surface area (Å²) in [6.07, 6.45) is 0.841. The third kappa shape index (κ3) is 2.92. The van der Waals surface area contributed by atoms with E-state index < -0.39 is 0 Å². The molecule has 1 aromatic rings. The Morgan fingerprint density at radius 3 is 2.88 bits per heavy atom. The zero-order chi connectivity index (χ0) is 12.4. The molecule has 1 fully saturated rings. The van der Waals surface area contributed by atoms with E-state index in [0.717, 1.165) is 18.5 Å². The Morgan fingerprint density at radius 2 is 2.24 bits per heavy atom. The topological polar surface area (TPSA) is 32.3 Å². The number of nitrogens with zero attached hydrogens (tertiary/aromatic N) is 1. The van der Waals surface area contributed by atoms with Crippen LogP contribution in [0.1, 0.15) is 12.0 Å². The van der Waals surface area contributed by atoms with E-state index in [4.69, 9.17) is 23.2 Å². The van der Waals surface area contributed by atoms with E-state index >= 15 is 0 Å². The SMILES string of the molecule is CN1CCC(NCc2cc(Cl)ccc2Cl)C1=O. The van der Waals surface area contributed by atoms with Gasteiger partial charge in [0.2, 0.25) is 5.91 Å². The van der Waals surface area contributed by atoms with Crippen molar-refractivity contribution in [3.63, 3.8) is 0 Å². The number of benzene rings is 1. The Kier molecular flexibility index (Phi) is 3.92. The maximum Gasteiger partial charge on any atom is 0.239 e. The average Bonchev–Trinajstić information content (AvgIpc) is 2.62. The predicted octanol–water partition coefficient (Wildman–Crippen LogP) is 2.31. The van der Waals surface area contributed by atoms with Crippen LogP contribution in [-0.2, 0) is 11.3 Å². The van der Waals surface area contributed by atoms with Gasteiger partial charge in [0.15, 0.2) is 0 Å². The summed E-state index contributed by atoms with van der Waals surface area (Å²) >= 11 is 12.0. The minimum Gasteiger partial charge on any atom is -0.344 e. The fourth-order valence-corrected chi connectivity index (χ4v) is 2.30. The molecule has 1 N–H and O–H groups in total. The lowest BCUT2D eigenvalue weighted by Crippen LogP contribution is -2.36. The Bertz CT molecular complexity index is 437. The van der Waals surface area contributed by atoms with E-state index in [1.54, 1.807) is 17.0 Å². The normalized spacial score (nSPS) is 20.1. The Hall–Kier alpha value is -0.770. The zero-order valence-corrected chi connectivity index (χ0v) is 11.1. The number of carbonyl (C=O) groups is 1. The van der Waals surface area contributed by atoms with Gasteiger partial charge in [0.1, 0.15) is 0 Å². The molecule has 0 aromatic heterocycles. The summed E-state index contributed by atoms with van der Waals surface area (Å²) in [6, 6.07) is 5.24. The molecule has 17 heavy (non-hydrogen) atoms. The van der Waals surface area contributed by atoms with Gasteiger partial charge in [-0.2, -0.15) is 0 Å². The number of amides is 1. The van der Waals surface area contributed by atoms with Crippen molar-refractivity contribution in [1.29, 1.82) is 0 Å². The van der Waals surface area contributed by atoms with Crippen molar-refractivity contribution in [2.24, 2.45) is 0 Å². The van der Waals surface area contributed by atoms with Crippen molar-refractivity contribution in [1.82, 2.24) is 10.2 Å². The molecule has 1 unspecified atom stereocenters. The summed E-state index contributed by atoms with van der Waals surface area (Å²) in [5, 5.41) is 4.53. The maximum absolute atomic E-state index is 11.7. The highest BCUT2D eigenvalue weighted by Crippen LogP contribution is 2.21. The molecule has 1 aliphatic rings. The first-order chi connectivity index (χ1) is 8.08. The molecule has 1 aliphatic heterocycles. The van der Waals surface area contributed by atoms with Crippen molar-refractivity contribution < 1.29 is 4.79 Å². The fraction of sp³-hybridized carbons (Fsp3) is 0.417. The van der Waals surface area contributed by atoms with Gasteiger partial charge in [-0.05, 0) is 30.2 Å². The third-order valence-electron chi connectivity index (χ3n) is 2.97. The van der Waals surface area contributed by atoms with Gasteiger partial charge >= 0.3 is 0 Å². The average molecular weight is 273 g/mol. The van der Waals surface area contributed by atoms with Crippen LogP contribution in [0, 0.1) is 0 Å². The molecule has 1 atom stereocenters. The Labute approximate surface area is 111 Å². The quantitative estimate of drug-likeness (QED) is 0.916. The molecule has 0 saturated carbocycles. The van der Waals surface area contributed by atoms with Crippen molar-refractivity contribution in [3.05, 3.63) is 33.8 Å². The van der Waals surface area contributed by atoms with E-state index in [0.29, 0.717) is 16.6 Å². The summed E-state index contributed by atoms with van der Waals surface area (Å²) in [5.74, 6) is 0.142. The number of rotatable bonds is 3. The van der Waals surface area contributed by atoms with E-state index in [-0.39, 0.29) is 11.9 Å². The lowest BCUT2D eigenvalue weighted by Gasteiger charge is -2.13. The molecule has 1 amide bonds. The van der Waals surface area contributed by atoms with Gasteiger partial charge in [-0.25, -0.2) is 0 Å². The number of hydrogen-bond acceptors (Lipinski definition) is 2. The second-order valence-corrected chi connectivity index (χ2v) is 5.06. The summed E-state index contributed by atoms with van der Waals surface area (Å²) in [7, 11) is 1.82. The smallest absolute Gasteiger partial charge is 0.239 e. The summed E-state index contributed by atoms with van der Waals surface area (Å²) in [6.45, 7) is 1.36. The standard InChI is InChI=1S/C12H14Cl2N2O/c1-16-5-4-11(12(16)17)15-7-8-6-9(13)2-3-10(8)14/h2-3,6,11,15H,4-5,7H2,1H3. The monoisotopic (exact) mass is 272 g/mol. The summed E-state index contributed by atoms with van der Waals surface area (Å²) in [5.41, 5.74) is 0.918. The highest BCUT2D eigenvalue weighted by molar-refractivity contribution is 6.33. The number of hydrogen-bond donors (Lipinski definition) is 1. The van der Waals surface area contributed by atoms with Crippen LogP contribution in [0.15, 0.2) is 18.2 Å². The van der Waals surface area contributed by atoms with E-state index in [9.17, 15) is 4.79 Å². The number of likely N-dealkylation sites (N-methyl/N-ethyl adjacent to an activating group) is 1. The van der Waals surface area contributed by atoms with Crippen LogP contribution in [0.25, 0.3) is 0 Å². The molecule has 2 rings (SSSR count). The second-order valence-electron chi connectivity index (χ2n) is 4.22. The zero-order valence-electron chi connectivity index (χ0n) is 9.54. The molecule has 1 saturated heterocycles. The number of nitrogens with one attached hydrogen (secondary N) is 1. The maximum atomic E-state index is 11.7. The van der Waals surface area contributed by atoms with Gasteiger partial charge in [-0.1, -0.05) is 23.2 Å². The van der Waals surface area contributed by atoms with Crippen LogP contribution in [0.2, 0.25) is 10.0 Å². The van der Waals surface area contributed by atoms with Gasteiger partial charge in [-0.15, -0.1) is 0 Å². The molecule has 1 aromatic carbocycles. The Balaban J connectivity index is 1.98. The second kappa shape index (κ2) is 5.25. The lowest BCUT2D eigenvalue weighted by molar-refractivity contribution is -0.128. The van der Waals surface area contributed by atoms with Gasteiger partial charge < -0.3 is 10.2 Å². The van der Waals surface area contributed by atoms with Gasteiger partial charge in [-0.3, -0.25) is 4.79 Å². The first-order valence-electron chi connectivity index (χ1n) is 5.50. The molecule has 5 heteroatoms. The largest absolute Gasteiger partial charge is 0.344 e. The van der Waals surface area contributed by atoms with E-state index in [1.807, 2.05) is 13.1 Å². The third-order valence-corrected chi connectivity index (χ3v) is 3.58. The van der Waals surface area contributed by atoms with Crippen molar-refractivity contribution in [2.75, 3.05) is 13.6 Å². The number of carbonyl (C=O) groups excluding carboxylic acids is 1. The van der Waals surface area contributed by atoms with Gasteiger partial charge in [0.25, 0.3) is 0 Å². The molecular formula is C12H14Cl2N2O. The van der Waals surface area contributed by atoms with Gasteiger partial charge in [0.05, 0.1) is 6.04 Å². The van der Waals surface area contributed by atoms with Crippen molar-refractivity contribution in [3.8, 4) is 0 Å². The number of likely N-dealkylation sites (tertiary alicyclic amines) is 1. The van der Waals surface area contributed by atoms with Crippen molar-refractivity contribution in [2.45, 2.75) is 19.0 Å². The first kappa shape index (κ1) is 12.7. The molecule has 3 nitrogen and oxygen atoms in total. The molecule has 0 spiro atoms. The number of halogens is 2. The highest BCUT2D eigenvalue weighted by Gasteiger charge is 2.28. The molecular weight excluding hydrogens is 259 g/mol. The van der Waals surface area contributed by atoms with E-state index in [1.165, 1.54) is 0 Å². The van der Waals surface area contributed by atoms with Crippen molar-refractivity contribution >= 4 is 29.1 Å². The predicted molar refractivity (Wildman–Crippen MR) is 69.3 cm³/mol. The van der Waals surface area contributed by atoms with Gasteiger partial charge in [0, 0.05) is 30.2 Å². The summed E-state index contributed by atoms with van der Waals surface area (Å²) < 4.78 is 0. The van der Waals surface area contributed by atoms with Crippen LogP contribution in [-0.4, -0.2) is 30.4 Å². The van der Waals surface area contributed by atoms with Crippen LogP contribution < -0.4 is 5.32 Å². The molecule has 0 aliphatic carbocycles. The van der Waals surface area contributed by atoms with Crippen LogP contribution >= 0.6 is 23.2 Å². The summed E-state index contributed by atoms with van der Waals surface area (Å²) in [4.78, 5) is 13.4. The first-order valence-corrected chi connectivity index (χ1v) is 6.26. The molecule has 1 heterocycles. The van der Waals surface area contributed by atoms with Crippen LogP contribution in [0.4, 0.5) is 0 Å². The molecule has 92 valence electrons. The molecule has 0 bridgehead atoms. The lowest BCUT2D eigenvalue weighted by atomic mass is 10.2. The fourth-order valence-electron chi connectivity index (χ4n) is 1.92.